The van der Waals surface area contributed by atoms with Gasteiger partial charge in [-0.1, -0.05) is 48.0 Å². The average Bonchev–Trinajstić information content (AvgIpc) is 3.23. The molecule has 1 aliphatic heterocycles. The monoisotopic (exact) mass is 484 g/mol. The smallest absolute Gasteiger partial charge is 0.331 e. The number of fused-ring (bicyclic) bond motifs is 5. The van der Waals surface area contributed by atoms with Crippen molar-refractivity contribution in [3.63, 3.8) is 0 Å². The molecule has 6 rings (SSSR count). The van der Waals surface area contributed by atoms with Crippen LogP contribution in [0.25, 0.3) is 27.8 Å². The zero-order valence-electron chi connectivity index (χ0n) is 19.0. The zero-order chi connectivity index (χ0) is 24.4. The summed E-state index contributed by atoms with van der Waals surface area (Å²) in [4.78, 5) is 26.7. The summed E-state index contributed by atoms with van der Waals surface area (Å²) in [5.74, 6) is 0.160. The van der Waals surface area contributed by atoms with Crippen LogP contribution in [0.5, 0.6) is 5.75 Å². The maximum atomic E-state index is 13.6. The van der Waals surface area contributed by atoms with E-state index in [1.807, 2.05) is 48.5 Å². The fraction of sp³-hybridized carbons (Fsp3) is 0.111. The van der Waals surface area contributed by atoms with Crippen molar-refractivity contribution in [2.24, 2.45) is 14.1 Å². The van der Waals surface area contributed by atoms with Gasteiger partial charge in [-0.15, -0.1) is 0 Å². The lowest BCUT2D eigenvalue weighted by molar-refractivity contribution is 0.475. The molecule has 3 aromatic carbocycles. The Kier molecular flexibility index (Phi) is 4.66. The van der Waals surface area contributed by atoms with Crippen LogP contribution in [0.2, 0.25) is 5.02 Å². The first-order valence-electron chi connectivity index (χ1n) is 11.1. The van der Waals surface area contributed by atoms with E-state index in [9.17, 15) is 14.7 Å². The third-order valence-electron chi connectivity index (χ3n) is 6.67. The van der Waals surface area contributed by atoms with Crippen LogP contribution in [0.15, 0.2) is 82.4 Å². The molecule has 1 aliphatic rings. The minimum Gasteiger partial charge on any atom is -0.508 e. The number of aromatic nitrogens is 3. The van der Waals surface area contributed by atoms with E-state index in [2.05, 4.69) is 9.88 Å². The first kappa shape index (κ1) is 21.3. The average molecular weight is 485 g/mol. The van der Waals surface area contributed by atoms with Crippen LogP contribution in [-0.4, -0.2) is 18.8 Å². The van der Waals surface area contributed by atoms with E-state index in [4.69, 9.17) is 11.6 Å². The van der Waals surface area contributed by atoms with E-state index in [-0.39, 0.29) is 17.4 Å². The Balaban J connectivity index is 1.85. The Hall–Kier alpha value is -4.23. The first-order valence-corrected chi connectivity index (χ1v) is 11.5. The van der Waals surface area contributed by atoms with E-state index in [1.165, 1.54) is 11.6 Å². The third kappa shape index (κ3) is 3.05. The molecular formula is C27H21ClN4O3. The molecule has 0 spiro atoms. The van der Waals surface area contributed by atoms with Crippen LogP contribution in [0.4, 0.5) is 5.69 Å². The minimum absolute atomic E-state index is 0.160. The molecule has 0 saturated carbocycles. The van der Waals surface area contributed by atoms with Gasteiger partial charge in [0.15, 0.2) is 0 Å². The molecule has 35 heavy (non-hydrogen) atoms. The standard InChI is InChI=1S/C27H21ClN4O3/c1-30-24-21(26(34)31(2)27(30)35)23(16-7-11-17(28)12-8-16)32-20-6-4-3-5-19(20)29-22(25(24)32)15-9-13-18(33)14-10-15/h3-14,22,29,33H,1-2H3. The lowest BCUT2D eigenvalue weighted by atomic mass is 9.99. The predicted octanol–water partition coefficient (Wildman–Crippen LogP) is 4.57. The first-order chi connectivity index (χ1) is 16.9. The summed E-state index contributed by atoms with van der Waals surface area (Å²) >= 11 is 6.19. The largest absolute Gasteiger partial charge is 0.508 e. The van der Waals surface area contributed by atoms with E-state index in [0.29, 0.717) is 21.6 Å². The minimum atomic E-state index is -0.401. The number of benzene rings is 3. The van der Waals surface area contributed by atoms with Crippen molar-refractivity contribution in [1.29, 1.82) is 0 Å². The summed E-state index contributed by atoms with van der Waals surface area (Å²) in [5, 5.41) is 14.5. The molecule has 0 aliphatic carbocycles. The molecule has 2 aromatic heterocycles. The number of para-hydroxylation sites is 2. The van der Waals surface area contributed by atoms with Gasteiger partial charge >= 0.3 is 5.69 Å². The van der Waals surface area contributed by atoms with Gasteiger partial charge in [0.25, 0.3) is 5.56 Å². The Morgan fingerprint density at radius 1 is 0.886 bits per heavy atom. The molecule has 2 N–H and O–H groups in total. The summed E-state index contributed by atoms with van der Waals surface area (Å²) in [7, 11) is 3.18. The molecular weight excluding hydrogens is 464 g/mol. The highest BCUT2D eigenvalue weighted by molar-refractivity contribution is 6.30. The number of aromatic hydroxyl groups is 1. The number of nitrogens with zero attached hydrogens (tertiary/aromatic N) is 3. The van der Waals surface area contributed by atoms with E-state index < -0.39 is 5.69 Å². The maximum Gasteiger partial charge on any atom is 0.331 e. The highest BCUT2D eigenvalue weighted by atomic mass is 35.5. The number of phenols is 1. The number of rotatable bonds is 2. The molecule has 5 aromatic rings. The Morgan fingerprint density at radius 3 is 2.29 bits per heavy atom. The van der Waals surface area contributed by atoms with Crippen molar-refractivity contribution in [3.8, 4) is 22.7 Å². The van der Waals surface area contributed by atoms with Gasteiger partial charge in [0.1, 0.15) is 5.75 Å². The second-order valence-electron chi connectivity index (χ2n) is 8.69. The number of phenolic OH excluding ortho intramolecular Hbond substituents is 1. The number of hydrogen-bond donors (Lipinski definition) is 2. The summed E-state index contributed by atoms with van der Waals surface area (Å²) in [6, 6.07) is 21.8. The van der Waals surface area contributed by atoms with Gasteiger partial charge in [-0.2, -0.15) is 0 Å². The van der Waals surface area contributed by atoms with Gasteiger partial charge in [0, 0.05) is 19.1 Å². The Morgan fingerprint density at radius 2 is 1.57 bits per heavy atom. The van der Waals surface area contributed by atoms with Crippen molar-refractivity contribution < 1.29 is 5.11 Å². The van der Waals surface area contributed by atoms with Crippen LogP contribution >= 0.6 is 11.6 Å². The number of aryl methyl sites for hydroxylation is 1. The van der Waals surface area contributed by atoms with Crippen molar-refractivity contribution >= 4 is 28.2 Å². The van der Waals surface area contributed by atoms with Crippen molar-refractivity contribution in [1.82, 2.24) is 13.7 Å². The summed E-state index contributed by atoms with van der Waals surface area (Å²) in [5.41, 5.74) is 4.70. The van der Waals surface area contributed by atoms with Crippen molar-refractivity contribution in [2.75, 3.05) is 5.32 Å². The van der Waals surface area contributed by atoms with E-state index in [0.717, 1.165) is 32.8 Å². The van der Waals surface area contributed by atoms with Gasteiger partial charge in [0.05, 0.1) is 39.7 Å². The van der Waals surface area contributed by atoms with Crippen LogP contribution in [-0.2, 0) is 14.1 Å². The number of hydrogen-bond acceptors (Lipinski definition) is 4. The van der Waals surface area contributed by atoms with Gasteiger partial charge in [-0.3, -0.25) is 13.9 Å². The van der Waals surface area contributed by atoms with Gasteiger partial charge in [-0.05, 0) is 47.5 Å². The summed E-state index contributed by atoms with van der Waals surface area (Å²) in [6.07, 6.45) is 0. The van der Waals surface area contributed by atoms with E-state index in [1.54, 1.807) is 31.3 Å². The maximum absolute atomic E-state index is 13.6. The second-order valence-corrected chi connectivity index (χ2v) is 9.13. The normalized spacial score (nSPS) is 14.4. The highest BCUT2D eigenvalue weighted by Crippen LogP contribution is 2.45. The number of nitrogens with one attached hydrogen (secondary N) is 1. The zero-order valence-corrected chi connectivity index (χ0v) is 19.7. The van der Waals surface area contributed by atoms with Crippen molar-refractivity contribution in [3.05, 3.63) is 110 Å². The fourth-order valence-corrected chi connectivity index (χ4v) is 5.14. The van der Waals surface area contributed by atoms with Crippen LogP contribution in [0.1, 0.15) is 17.3 Å². The van der Waals surface area contributed by atoms with Crippen LogP contribution in [0, 0.1) is 0 Å². The molecule has 174 valence electrons. The lowest BCUT2D eigenvalue weighted by Gasteiger charge is -2.31. The summed E-state index contributed by atoms with van der Waals surface area (Å²) < 4.78 is 4.74. The molecule has 0 amide bonds. The van der Waals surface area contributed by atoms with E-state index >= 15 is 0 Å². The fourth-order valence-electron chi connectivity index (χ4n) is 5.02. The molecule has 0 bridgehead atoms. The molecule has 1 unspecified atom stereocenters. The number of anilines is 1. The molecule has 0 radical (unpaired) electrons. The van der Waals surface area contributed by atoms with Gasteiger partial charge in [0.2, 0.25) is 0 Å². The van der Waals surface area contributed by atoms with Gasteiger partial charge in [-0.25, -0.2) is 4.79 Å². The quantitative estimate of drug-likeness (QED) is 0.384. The second kappa shape index (κ2) is 7.65. The molecule has 0 fully saturated rings. The molecule has 1 atom stereocenters. The topological polar surface area (TPSA) is 81.2 Å². The Bertz CT molecular complexity index is 1750. The molecule has 0 saturated heterocycles. The van der Waals surface area contributed by atoms with Gasteiger partial charge < -0.3 is 15.0 Å². The summed E-state index contributed by atoms with van der Waals surface area (Å²) in [6.45, 7) is 0. The van der Waals surface area contributed by atoms with Crippen LogP contribution < -0.4 is 16.6 Å². The van der Waals surface area contributed by atoms with Crippen molar-refractivity contribution in [2.45, 2.75) is 6.04 Å². The highest BCUT2D eigenvalue weighted by Gasteiger charge is 2.34. The third-order valence-corrected chi connectivity index (χ3v) is 6.92. The molecule has 3 heterocycles. The molecule has 7 nitrogen and oxygen atoms in total. The lowest BCUT2D eigenvalue weighted by Crippen LogP contribution is -2.37. The predicted molar refractivity (Wildman–Crippen MR) is 138 cm³/mol. The SMILES string of the molecule is Cn1c(=O)c2c(-c3ccc(Cl)cc3)n3c(c2n(C)c1=O)C(c1ccc(O)cc1)Nc1ccccc1-3. The van der Waals surface area contributed by atoms with Crippen LogP contribution in [0.3, 0.4) is 0 Å². The number of halogens is 1. The Labute approximate surface area is 205 Å². The molecule has 8 heteroatoms.